The van der Waals surface area contributed by atoms with Crippen LogP contribution in [0.4, 0.5) is 0 Å². The zero-order valence-corrected chi connectivity index (χ0v) is 10.1. The van der Waals surface area contributed by atoms with E-state index >= 15 is 0 Å². The second-order valence-electron chi connectivity index (χ2n) is 4.37. The number of aromatic nitrogens is 3. The normalized spacial score (nSPS) is 13.0. The molecule has 5 heteroatoms. The number of para-hydroxylation sites is 1. The lowest BCUT2D eigenvalue weighted by molar-refractivity contribution is 0.377. The number of H-pyrrole nitrogens is 1. The molecule has 0 bridgehead atoms. The molecule has 0 amide bonds. The summed E-state index contributed by atoms with van der Waals surface area (Å²) in [6.07, 6.45) is 2.59. The van der Waals surface area contributed by atoms with Crippen molar-refractivity contribution in [1.82, 2.24) is 15.1 Å². The van der Waals surface area contributed by atoms with Crippen molar-refractivity contribution in [2.24, 2.45) is 5.73 Å². The molecule has 5 nitrogen and oxygen atoms in total. The average Bonchev–Trinajstić information content (AvgIpc) is 2.98. The Balaban J connectivity index is 1.91. The van der Waals surface area contributed by atoms with Gasteiger partial charge in [0, 0.05) is 17.1 Å². The standard InChI is InChI=1S/C13H14N4O/c1-8(14)13-16-12(18-17-13)6-9-7-15-11-5-3-2-4-10(9)11/h2-5,7-8,15H,6,14H2,1H3. The van der Waals surface area contributed by atoms with Crippen LogP contribution in [-0.2, 0) is 6.42 Å². The minimum atomic E-state index is -0.203. The van der Waals surface area contributed by atoms with Crippen LogP contribution in [-0.4, -0.2) is 15.1 Å². The van der Waals surface area contributed by atoms with E-state index in [0.717, 1.165) is 11.1 Å². The number of nitrogens with zero attached hydrogens (tertiary/aromatic N) is 2. The third-order valence-electron chi connectivity index (χ3n) is 2.91. The van der Waals surface area contributed by atoms with Gasteiger partial charge in [0.15, 0.2) is 5.82 Å². The van der Waals surface area contributed by atoms with E-state index in [1.807, 2.05) is 31.3 Å². The van der Waals surface area contributed by atoms with Crippen LogP contribution < -0.4 is 5.73 Å². The van der Waals surface area contributed by atoms with E-state index in [9.17, 15) is 0 Å². The first-order valence-corrected chi connectivity index (χ1v) is 5.87. The van der Waals surface area contributed by atoms with Crippen molar-refractivity contribution in [3.05, 3.63) is 47.7 Å². The number of nitrogens with two attached hydrogens (primary N) is 1. The maximum atomic E-state index is 5.70. The van der Waals surface area contributed by atoms with Crippen LogP contribution in [0.3, 0.4) is 0 Å². The van der Waals surface area contributed by atoms with Gasteiger partial charge < -0.3 is 15.2 Å². The molecule has 3 N–H and O–H groups in total. The maximum absolute atomic E-state index is 5.70. The molecule has 0 aliphatic heterocycles. The van der Waals surface area contributed by atoms with E-state index in [1.54, 1.807) is 0 Å². The van der Waals surface area contributed by atoms with Gasteiger partial charge in [0.2, 0.25) is 5.89 Å². The zero-order valence-electron chi connectivity index (χ0n) is 10.1. The van der Waals surface area contributed by atoms with Gasteiger partial charge in [-0.3, -0.25) is 0 Å². The van der Waals surface area contributed by atoms with Gasteiger partial charge in [-0.05, 0) is 18.6 Å². The Labute approximate surface area is 104 Å². The van der Waals surface area contributed by atoms with E-state index in [0.29, 0.717) is 18.1 Å². The number of hydrogen-bond donors (Lipinski definition) is 2. The zero-order chi connectivity index (χ0) is 12.5. The summed E-state index contributed by atoms with van der Waals surface area (Å²) in [5, 5.41) is 5.03. The molecule has 0 aliphatic rings. The van der Waals surface area contributed by atoms with E-state index in [2.05, 4.69) is 21.2 Å². The molecule has 0 saturated carbocycles. The molecular formula is C13H14N4O. The fourth-order valence-corrected chi connectivity index (χ4v) is 1.97. The first-order chi connectivity index (χ1) is 8.74. The first-order valence-electron chi connectivity index (χ1n) is 5.87. The minimum Gasteiger partial charge on any atom is -0.361 e. The van der Waals surface area contributed by atoms with Crippen LogP contribution in [0, 0.1) is 0 Å². The van der Waals surface area contributed by atoms with Gasteiger partial charge in [-0.25, -0.2) is 0 Å². The monoisotopic (exact) mass is 242 g/mol. The molecule has 1 unspecified atom stereocenters. The van der Waals surface area contributed by atoms with Crippen LogP contribution in [0.5, 0.6) is 0 Å². The van der Waals surface area contributed by atoms with E-state index in [-0.39, 0.29) is 6.04 Å². The SMILES string of the molecule is CC(N)c1noc(Cc2c[nH]c3ccccc23)n1. The number of rotatable bonds is 3. The van der Waals surface area contributed by atoms with Crippen LogP contribution in [0.25, 0.3) is 10.9 Å². The van der Waals surface area contributed by atoms with Crippen molar-refractivity contribution in [2.45, 2.75) is 19.4 Å². The Kier molecular flexibility index (Phi) is 2.60. The molecule has 0 saturated heterocycles. The quantitative estimate of drug-likeness (QED) is 0.737. The van der Waals surface area contributed by atoms with Crippen molar-refractivity contribution in [3.63, 3.8) is 0 Å². The van der Waals surface area contributed by atoms with Gasteiger partial charge in [0.05, 0.1) is 12.5 Å². The molecule has 0 aliphatic carbocycles. The minimum absolute atomic E-state index is 0.203. The fraction of sp³-hybridized carbons (Fsp3) is 0.231. The molecule has 0 fully saturated rings. The lowest BCUT2D eigenvalue weighted by Gasteiger charge is -1.94. The largest absolute Gasteiger partial charge is 0.361 e. The van der Waals surface area contributed by atoms with Crippen LogP contribution in [0.2, 0.25) is 0 Å². The number of nitrogens with one attached hydrogen (secondary N) is 1. The van der Waals surface area contributed by atoms with Crippen LogP contribution >= 0.6 is 0 Å². The molecule has 2 aromatic heterocycles. The average molecular weight is 242 g/mol. The summed E-state index contributed by atoms with van der Waals surface area (Å²) in [6, 6.07) is 7.93. The molecule has 3 rings (SSSR count). The number of benzene rings is 1. The molecule has 0 radical (unpaired) electrons. The summed E-state index contributed by atoms with van der Waals surface area (Å²) in [7, 11) is 0. The summed E-state index contributed by atoms with van der Waals surface area (Å²) in [6.45, 7) is 1.83. The van der Waals surface area contributed by atoms with Gasteiger partial charge >= 0.3 is 0 Å². The molecule has 92 valence electrons. The lowest BCUT2D eigenvalue weighted by atomic mass is 10.1. The first kappa shape index (κ1) is 11.0. The third-order valence-corrected chi connectivity index (χ3v) is 2.91. The van der Waals surface area contributed by atoms with Crippen LogP contribution in [0.1, 0.15) is 30.2 Å². The topological polar surface area (TPSA) is 80.7 Å². The van der Waals surface area contributed by atoms with Gasteiger partial charge in [0.25, 0.3) is 0 Å². The summed E-state index contributed by atoms with van der Waals surface area (Å²) in [5.74, 6) is 1.14. The third kappa shape index (κ3) is 1.89. The van der Waals surface area contributed by atoms with Crippen molar-refractivity contribution in [3.8, 4) is 0 Å². The van der Waals surface area contributed by atoms with Gasteiger partial charge in [0.1, 0.15) is 0 Å². The van der Waals surface area contributed by atoms with E-state index in [4.69, 9.17) is 10.3 Å². The molecule has 2 heterocycles. The molecule has 1 aromatic carbocycles. The van der Waals surface area contributed by atoms with Gasteiger partial charge in [-0.1, -0.05) is 23.4 Å². The molecule has 0 spiro atoms. The van der Waals surface area contributed by atoms with E-state index < -0.39 is 0 Å². The summed E-state index contributed by atoms with van der Waals surface area (Å²) >= 11 is 0. The Morgan fingerprint density at radius 2 is 2.22 bits per heavy atom. The Bertz CT molecular complexity index is 668. The highest BCUT2D eigenvalue weighted by atomic mass is 16.5. The summed E-state index contributed by atoms with van der Waals surface area (Å²) in [5.41, 5.74) is 7.95. The van der Waals surface area contributed by atoms with Crippen molar-refractivity contribution in [1.29, 1.82) is 0 Å². The second-order valence-corrected chi connectivity index (χ2v) is 4.37. The summed E-state index contributed by atoms with van der Waals surface area (Å²) < 4.78 is 5.19. The van der Waals surface area contributed by atoms with Crippen molar-refractivity contribution in [2.75, 3.05) is 0 Å². The van der Waals surface area contributed by atoms with E-state index in [1.165, 1.54) is 5.39 Å². The predicted molar refractivity (Wildman–Crippen MR) is 68.0 cm³/mol. The van der Waals surface area contributed by atoms with Crippen molar-refractivity contribution < 1.29 is 4.52 Å². The Hall–Kier alpha value is -2.14. The second kappa shape index (κ2) is 4.27. The lowest BCUT2D eigenvalue weighted by Crippen LogP contribution is -2.06. The van der Waals surface area contributed by atoms with Crippen LogP contribution in [0.15, 0.2) is 35.0 Å². The van der Waals surface area contributed by atoms with Gasteiger partial charge in [-0.15, -0.1) is 0 Å². The highest BCUT2D eigenvalue weighted by Crippen LogP contribution is 2.20. The highest BCUT2D eigenvalue weighted by molar-refractivity contribution is 5.83. The Morgan fingerprint density at radius 3 is 3.00 bits per heavy atom. The smallest absolute Gasteiger partial charge is 0.231 e. The number of fused-ring (bicyclic) bond motifs is 1. The predicted octanol–water partition coefficient (Wildman–Crippen LogP) is 2.16. The van der Waals surface area contributed by atoms with Crippen molar-refractivity contribution >= 4 is 10.9 Å². The highest BCUT2D eigenvalue weighted by Gasteiger charge is 2.12. The Morgan fingerprint density at radius 1 is 1.39 bits per heavy atom. The number of aromatic amines is 1. The molecule has 18 heavy (non-hydrogen) atoms. The molecule has 3 aromatic rings. The molecular weight excluding hydrogens is 228 g/mol. The summed E-state index contributed by atoms with van der Waals surface area (Å²) in [4.78, 5) is 7.50. The maximum Gasteiger partial charge on any atom is 0.231 e. The van der Waals surface area contributed by atoms with Gasteiger partial charge in [-0.2, -0.15) is 4.98 Å². The molecule has 1 atom stereocenters. The fourth-order valence-electron chi connectivity index (χ4n) is 1.97. The number of hydrogen-bond acceptors (Lipinski definition) is 4.